The third-order valence-electron chi connectivity index (χ3n) is 2.94. The van der Waals surface area contributed by atoms with Gasteiger partial charge in [-0.1, -0.05) is 53.7 Å². The van der Waals surface area contributed by atoms with Crippen LogP contribution in [-0.2, 0) is 0 Å². The van der Waals surface area contributed by atoms with Crippen molar-refractivity contribution in [1.82, 2.24) is 9.61 Å². The van der Waals surface area contributed by atoms with Gasteiger partial charge in [0.1, 0.15) is 5.75 Å². The van der Waals surface area contributed by atoms with Gasteiger partial charge in [-0.05, 0) is 29.8 Å². The van der Waals surface area contributed by atoms with E-state index >= 15 is 0 Å². The number of nitrogens with two attached hydrogens (primary N) is 1. The molecule has 0 fully saturated rings. The molecule has 134 valence electrons. The van der Waals surface area contributed by atoms with Crippen molar-refractivity contribution in [3.63, 3.8) is 0 Å². The Kier molecular flexibility index (Phi) is 10.8. The number of fused-ring (bicyclic) bond motifs is 1. The van der Waals surface area contributed by atoms with Crippen LogP contribution in [0.4, 0.5) is 5.69 Å². The van der Waals surface area contributed by atoms with E-state index in [0.717, 1.165) is 28.1 Å². The lowest BCUT2D eigenvalue weighted by Crippen LogP contribution is -1.93. The van der Waals surface area contributed by atoms with Crippen LogP contribution in [0.15, 0.2) is 48.8 Å². The van der Waals surface area contributed by atoms with Crippen LogP contribution in [0.5, 0.6) is 5.75 Å². The van der Waals surface area contributed by atoms with Crippen LogP contribution in [0, 0.1) is 0 Å². The Labute approximate surface area is 147 Å². The molecule has 0 bridgehead atoms. The van der Waals surface area contributed by atoms with Gasteiger partial charge in [0, 0.05) is 12.7 Å². The van der Waals surface area contributed by atoms with Crippen LogP contribution in [0.25, 0.3) is 16.6 Å². The van der Waals surface area contributed by atoms with E-state index in [9.17, 15) is 0 Å². The Hall–Kier alpha value is -2.49. The molecule has 2 N–H and O–H groups in total. The molecule has 0 saturated carbocycles. The smallest absolute Gasteiger partial charge is 0.137 e. The fourth-order valence-electron chi connectivity index (χ4n) is 2.01. The summed E-state index contributed by atoms with van der Waals surface area (Å²) < 4.78 is 7.10. The van der Waals surface area contributed by atoms with E-state index in [1.165, 1.54) is 0 Å². The van der Waals surface area contributed by atoms with Gasteiger partial charge in [0.25, 0.3) is 0 Å². The number of aromatic nitrogens is 2. The average Bonchev–Trinajstić information content (AvgIpc) is 3.15. The maximum atomic E-state index is 5.71. The minimum absolute atomic E-state index is 0. The number of pyridine rings is 1. The SMILES string of the molecule is CC.CC.CC.COc1cc(-c2ccc(N)cc2)c2ccnn2c1.[2HH]. The predicted molar refractivity (Wildman–Crippen MR) is 108 cm³/mol. The van der Waals surface area contributed by atoms with E-state index in [2.05, 4.69) is 5.10 Å². The Morgan fingerprint density at radius 1 is 0.958 bits per heavy atom. The molecular formula is C20H33N3O. The van der Waals surface area contributed by atoms with Gasteiger partial charge in [-0.15, -0.1) is 0 Å². The quantitative estimate of drug-likeness (QED) is 0.593. The lowest BCUT2D eigenvalue weighted by Gasteiger charge is -2.08. The first-order valence-electron chi connectivity index (χ1n) is 8.65. The van der Waals surface area contributed by atoms with Gasteiger partial charge >= 0.3 is 0 Å². The lowest BCUT2D eigenvalue weighted by molar-refractivity contribution is 0.412. The van der Waals surface area contributed by atoms with E-state index in [-0.39, 0.29) is 1.43 Å². The van der Waals surface area contributed by atoms with Crippen molar-refractivity contribution in [1.29, 1.82) is 0 Å². The first-order valence-corrected chi connectivity index (χ1v) is 8.65. The van der Waals surface area contributed by atoms with Crippen molar-refractivity contribution in [2.45, 2.75) is 41.5 Å². The summed E-state index contributed by atoms with van der Waals surface area (Å²) in [6.45, 7) is 12.0. The van der Waals surface area contributed by atoms with E-state index in [0.29, 0.717) is 0 Å². The van der Waals surface area contributed by atoms with Crippen LogP contribution in [-0.4, -0.2) is 16.7 Å². The van der Waals surface area contributed by atoms with Crippen molar-refractivity contribution in [3.05, 3.63) is 48.8 Å². The molecule has 3 rings (SSSR count). The van der Waals surface area contributed by atoms with Crippen LogP contribution >= 0.6 is 0 Å². The van der Waals surface area contributed by atoms with Gasteiger partial charge in [0.05, 0.1) is 25.0 Å². The first kappa shape index (κ1) is 21.5. The zero-order valence-electron chi connectivity index (χ0n) is 16.0. The normalized spacial score (nSPS) is 8.79. The Bertz CT molecular complexity index is 694. The van der Waals surface area contributed by atoms with Gasteiger partial charge < -0.3 is 10.5 Å². The molecule has 4 heteroatoms. The summed E-state index contributed by atoms with van der Waals surface area (Å²) in [7, 11) is 1.65. The van der Waals surface area contributed by atoms with Gasteiger partial charge in [-0.25, -0.2) is 4.52 Å². The summed E-state index contributed by atoms with van der Waals surface area (Å²) in [5.41, 5.74) is 9.68. The van der Waals surface area contributed by atoms with E-state index in [4.69, 9.17) is 10.5 Å². The molecule has 0 aliphatic carbocycles. The molecule has 1 aromatic carbocycles. The van der Waals surface area contributed by atoms with E-state index < -0.39 is 0 Å². The molecule has 3 aromatic rings. The third kappa shape index (κ3) is 5.30. The number of anilines is 1. The van der Waals surface area contributed by atoms with Gasteiger partial charge in [0.2, 0.25) is 0 Å². The summed E-state index contributed by atoms with van der Waals surface area (Å²) in [5, 5.41) is 4.24. The summed E-state index contributed by atoms with van der Waals surface area (Å²) in [6, 6.07) is 11.8. The van der Waals surface area contributed by atoms with Crippen LogP contribution < -0.4 is 10.5 Å². The van der Waals surface area contributed by atoms with Crippen molar-refractivity contribution >= 4 is 11.2 Å². The predicted octanol–water partition coefficient (Wildman–Crippen LogP) is 5.92. The number of benzene rings is 1. The molecule has 0 unspecified atom stereocenters. The zero-order chi connectivity index (χ0) is 18.5. The highest BCUT2D eigenvalue weighted by Crippen LogP contribution is 2.28. The standard InChI is InChI=1S/C14H13N3O.3C2H6.H2/c1-18-12-8-13(10-2-4-11(15)5-3-10)14-6-7-16-17(14)9-12;3*1-2;/h2-9H,15H2,1H3;3*1-2H3;1H/i;;;;1+1. The fourth-order valence-corrected chi connectivity index (χ4v) is 2.01. The second-order valence-electron chi connectivity index (χ2n) is 4.08. The number of nitrogens with zero attached hydrogens (tertiary/aromatic N) is 2. The number of hydrogen-bond donors (Lipinski definition) is 1. The second kappa shape index (κ2) is 12.0. The van der Waals surface area contributed by atoms with Crippen molar-refractivity contribution < 1.29 is 6.16 Å². The minimum atomic E-state index is 0. The minimum Gasteiger partial charge on any atom is -0.495 e. The van der Waals surface area contributed by atoms with Gasteiger partial charge in [-0.2, -0.15) is 5.10 Å². The Morgan fingerprint density at radius 2 is 1.54 bits per heavy atom. The second-order valence-corrected chi connectivity index (χ2v) is 4.08. The Balaban J connectivity index is 0. The Morgan fingerprint density at radius 3 is 2.08 bits per heavy atom. The molecule has 2 aromatic heterocycles. The van der Waals surface area contributed by atoms with E-state index in [1.54, 1.807) is 13.3 Å². The number of methoxy groups -OCH3 is 1. The highest BCUT2D eigenvalue weighted by Gasteiger charge is 2.07. The topological polar surface area (TPSA) is 52.5 Å². The molecule has 0 aliphatic rings. The first-order chi connectivity index (χ1) is 11.8. The largest absolute Gasteiger partial charge is 0.495 e. The van der Waals surface area contributed by atoms with Gasteiger partial charge in [0.15, 0.2) is 0 Å². The molecule has 24 heavy (non-hydrogen) atoms. The number of rotatable bonds is 2. The molecule has 0 amide bonds. The number of ether oxygens (including phenoxy) is 1. The zero-order valence-corrected chi connectivity index (χ0v) is 16.0. The van der Waals surface area contributed by atoms with Crippen molar-refractivity contribution in [2.75, 3.05) is 12.8 Å². The molecule has 0 saturated heterocycles. The molecule has 4 nitrogen and oxygen atoms in total. The van der Waals surface area contributed by atoms with Crippen molar-refractivity contribution in [3.8, 4) is 16.9 Å². The number of hydrogen-bond acceptors (Lipinski definition) is 3. The summed E-state index contributed by atoms with van der Waals surface area (Å²) in [4.78, 5) is 0. The monoisotopic (exact) mass is 332 g/mol. The van der Waals surface area contributed by atoms with Gasteiger partial charge in [-0.3, -0.25) is 0 Å². The van der Waals surface area contributed by atoms with Crippen LogP contribution in [0.1, 0.15) is 43.0 Å². The molecule has 0 atom stereocenters. The number of nitrogen functional groups attached to an aromatic ring is 1. The molecule has 2 heterocycles. The van der Waals surface area contributed by atoms with Crippen LogP contribution in [0.2, 0.25) is 0 Å². The molecular weight excluding hydrogens is 298 g/mol. The maximum absolute atomic E-state index is 5.71. The molecule has 0 aliphatic heterocycles. The van der Waals surface area contributed by atoms with E-state index in [1.807, 2.05) is 88.7 Å². The lowest BCUT2D eigenvalue weighted by atomic mass is 10.1. The summed E-state index contributed by atoms with van der Waals surface area (Å²) in [5.74, 6) is 0.776. The third-order valence-corrected chi connectivity index (χ3v) is 2.94. The summed E-state index contributed by atoms with van der Waals surface area (Å²) >= 11 is 0. The highest BCUT2D eigenvalue weighted by molar-refractivity contribution is 5.81. The highest BCUT2D eigenvalue weighted by atomic mass is 16.5. The maximum Gasteiger partial charge on any atom is 0.137 e. The fraction of sp³-hybridized carbons (Fsp3) is 0.350. The van der Waals surface area contributed by atoms with Crippen molar-refractivity contribution in [2.24, 2.45) is 0 Å². The summed E-state index contributed by atoms with van der Waals surface area (Å²) in [6.07, 6.45) is 3.63. The molecule has 0 radical (unpaired) electrons. The van der Waals surface area contributed by atoms with Crippen LogP contribution in [0.3, 0.4) is 0 Å². The molecule has 0 spiro atoms. The average molecular weight is 333 g/mol.